The highest BCUT2D eigenvalue weighted by molar-refractivity contribution is 5.94. The Hall–Kier alpha value is -1.95. The van der Waals surface area contributed by atoms with Crippen molar-refractivity contribution in [2.75, 3.05) is 13.1 Å². The molecule has 1 aromatic rings. The third kappa shape index (κ3) is 1.86. The van der Waals surface area contributed by atoms with E-state index in [1.54, 1.807) is 17.0 Å². The first-order valence-electron chi connectivity index (χ1n) is 6.75. The van der Waals surface area contributed by atoms with Crippen molar-refractivity contribution in [3.05, 3.63) is 35.1 Å². The van der Waals surface area contributed by atoms with Crippen LogP contribution in [0.5, 0.6) is 0 Å². The van der Waals surface area contributed by atoms with E-state index in [4.69, 9.17) is 0 Å². The molecule has 0 amide bonds. The van der Waals surface area contributed by atoms with Crippen molar-refractivity contribution in [3.8, 4) is 0 Å². The first-order chi connectivity index (χ1) is 9.80. The summed E-state index contributed by atoms with van der Waals surface area (Å²) in [6.45, 7) is 2.39. The standard InChI is InChI=1S/C15H16FNO4/c1-9-2-3-11(16)10(4-9)5-17-7-14(12(18)19)6-15(14,8-17)13(20)21/h2-4H,5-8H2,1H3,(H,18,19)(H,20,21)/t14-,15+. The summed E-state index contributed by atoms with van der Waals surface area (Å²) in [4.78, 5) is 24.6. The van der Waals surface area contributed by atoms with Crippen LogP contribution in [0.15, 0.2) is 18.2 Å². The lowest BCUT2D eigenvalue weighted by molar-refractivity contribution is -0.151. The Bertz CT molecular complexity index is 619. The topological polar surface area (TPSA) is 77.8 Å². The lowest BCUT2D eigenvalue weighted by Gasteiger charge is -2.20. The number of carbonyl (C=O) groups is 2. The lowest BCUT2D eigenvalue weighted by atomic mass is 9.97. The maximum atomic E-state index is 13.8. The Morgan fingerprint density at radius 3 is 2.33 bits per heavy atom. The number of carboxylic acid groups (broad SMARTS) is 2. The number of fused-ring (bicyclic) bond motifs is 1. The summed E-state index contributed by atoms with van der Waals surface area (Å²) in [5.41, 5.74) is -1.04. The van der Waals surface area contributed by atoms with Gasteiger partial charge in [0.15, 0.2) is 0 Å². The van der Waals surface area contributed by atoms with Crippen LogP contribution in [0.2, 0.25) is 0 Å². The molecule has 0 spiro atoms. The van der Waals surface area contributed by atoms with Crippen molar-refractivity contribution in [1.29, 1.82) is 0 Å². The average molecular weight is 293 g/mol. The molecule has 2 N–H and O–H groups in total. The monoisotopic (exact) mass is 293 g/mol. The number of halogens is 1. The number of aliphatic carboxylic acids is 2. The van der Waals surface area contributed by atoms with Crippen LogP contribution >= 0.6 is 0 Å². The zero-order chi connectivity index (χ0) is 15.4. The molecular weight excluding hydrogens is 277 g/mol. The second-order valence-corrected chi connectivity index (χ2v) is 6.19. The van der Waals surface area contributed by atoms with E-state index >= 15 is 0 Å². The molecule has 2 atom stereocenters. The quantitative estimate of drug-likeness (QED) is 0.879. The van der Waals surface area contributed by atoms with Gasteiger partial charge in [0.25, 0.3) is 0 Å². The highest BCUT2D eigenvalue weighted by Gasteiger charge is 2.80. The fraction of sp³-hybridized carbons (Fsp3) is 0.467. The van der Waals surface area contributed by atoms with Crippen LogP contribution in [0, 0.1) is 23.6 Å². The molecule has 1 aliphatic heterocycles. The van der Waals surface area contributed by atoms with Crippen LogP contribution in [0.4, 0.5) is 4.39 Å². The maximum Gasteiger partial charge on any atom is 0.312 e. The summed E-state index contributed by atoms with van der Waals surface area (Å²) in [6, 6.07) is 4.75. The molecule has 1 saturated carbocycles. The van der Waals surface area contributed by atoms with E-state index in [9.17, 15) is 24.2 Å². The van der Waals surface area contributed by atoms with E-state index in [1.807, 2.05) is 6.92 Å². The Kier molecular flexibility index (Phi) is 2.85. The Morgan fingerprint density at radius 2 is 1.81 bits per heavy atom. The third-order valence-electron chi connectivity index (χ3n) is 4.80. The second-order valence-electron chi connectivity index (χ2n) is 6.19. The van der Waals surface area contributed by atoms with Crippen molar-refractivity contribution in [2.24, 2.45) is 10.8 Å². The highest BCUT2D eigenvalue weighted by Crippen LogP contribution is 2.68. The average Bonchev–Trinajstić information content (AvgIpc) is 2.94. The third-order valence-corrected chi connectivity index (χ3v) is 4.80. The molecule has 1 saturated heterocycles. The largest absolute Gasteiger partial charge is 0.481 e. The first kappa shape index (κ1) is 14.0. The zero-order valence-corrected chi connectivity index (χ0v) is 11.6. The van der Waals surface area contributed by atoms with Gasteiger partial charge in [-0.2, -0.15) is 0 Å². The van der Waals surface area contributed by atoms with Gasteiger partial charge in [-0.3, -0.25) is 14.5 Å². The molecular formula is C15H16FNO4. The van der Waals surface area contributed by atoms with E-state index in [2.05, 4.69) is 0 Å². The summed E-state index contributed by atoms with van der Waals surface area (Å²) < 4.78 is 13.8. The molecule has 112 valence electrons. The molecule has 6 heteroatoms. The number of likely N-dealkylation sites (tertiary alicyclic amines) is 1. The Labute approximate surface area is 121 Å². The normalized spacial score (nSPS) is 31.0. The molecule has 1 aromatic carbocycles. The van der Waals surface area contributed by atoms with Gasteiger partial charge in [-0.25, -0.2) is 4.39 Å². The minimum absolute atomic E-state index is 0.155. The van der Waals surface area contributed by atoms with Gasteiger partial charge in [-0.05, 0) is 19.4 Å². The molecule has 1 aliphatic carbocycles. The zero-order valence-electron chi connectivity index (χ0n) is 11.6. The number of piperidine rings is 1. The van der Waals surface area contributed by atoms with Gasteiger partial charge in [0, 0.05) is 25.2 Å². The predicted molar refractivity (Wildman–Crippen MR) is 71.2 cm³/mol. The van der Waals surface area contributed by atoms with Crippen molar-refractivity contribution in [2.45, 2.75) is 19.9 Å². The Morgan fingerprint density at radius 1 is 1.24 bits per heavy atom. The van der Waals surface area contributed by atoms with Gasteiger partial charge >= 0.3 is 11.9 Å². The van der Waals surface area contributed by atoms with E-state index < -0.39 is 22.8 Å². The molecule has 21 heavy (non-hydrogen) atoms. The maximum absolute atomic E-state index is 13.8. The van der Waals surface area contributed by atoms with E-state index in [1.165, 1.54) is 6.07 Å². The predicted octanol–water partition coefficient (Wildman–Crippen LogP) is 1.50. The van der Waals surface area contributed by atoms with Crippen LogP contribution < -0.4 is 0 Å². The molecule has 0 unspecified atom stereocenters. The van der Waals surface area contributed by atoms with Crippen LogP contribution in [-0.2, 0) is 16.1 Å². The number of hydrogen-bond acceptors (Lipinski definition) is 3. The molecule has 0 radical (unpaired) electrons. The number of carboxylic acids is 2. The van der Waals surface area contributed by atoms with Gasteiger partial charge in [-0.15, -0.1) is 0 Å². The van der Waals surface area contributed by atoms with Crippen molar-refractivity contribution < 1.29 is 24.2 Å². The van der Waals surface area contributed by atoms with Gasteiger partial charge in [0.1, 0.15) is 5.82 Å². The smallest absolute Gasteiger partial charge is 0.312 e. The van der Waals surface area contributed by atoms with E-state index in [0.29, 0.717) is 5.56 Å². The second kappa shape index (κ2) is 4.27. The first-order valence-corrected chi connectivity index (χ1v) is 6.75. The minimum atomic E-state index is -1.21. The number of hydrogen-bond donors (Lipinski definition) is 2. The van der Waals surface area contributed by atoms with Gasteiger partial charge in [-0.1, -0.05) is 17.7 Å². The summed E-state index contributed by atoms with van der Waals surface area (Å²) in [7, 11) is 0. The molecule has 2 fully saturated rings. The summed E-state index contributed by atoms with van der Waals surface area (Å²) in [6.07, 6.45) is 0.164. The fourth-order valence-corrected chi connectivity index (χ4v) is 3.58. The molecule has 0 aromatic heterocycles. The van der Waals surface area contributed by atoms with E-state index in [-0.39, 0.29) is 31.9 Å². The fourth-order valence-electron chi connectivity index (χ4n) is 3.58. The van der Waals surface area contributed by atoms with Crippen molar-refractivity contribution in [3.63, 3.8) is 0 Å². The summed E-state index contributed by atoms with van der Waals surface area (Å²) in [5.74, 6) is -2.50. The molecule has 3 rings (SSSR count). The minimum Gasteiger partial charge on any atom is -0.481 e. The number of benzene rings is 1. The van der Waals surface area contributed by atoms with Crippen molar-refractivity contribution in [1.82, 2.24) is 4.90 Å². The number of nitrogens with zero attached hydrogens (tertiary/aromatic N) is 1. The summed E-state index contributed by atoms with van der Waals surface area (Å²) in [5, 5.41) is 18.7. The molecule has 1 heterocycles. The molecule has 5 nitrogen and oxygen atoms in total. The highest BCUT2D eigenvalue weighted by atomic mass is 19.1. The van der Waals surface area contributed by atoms with Crippen LogP contribution in [0.1, 0.15) is 17.5 Å². The summed E-state index contributed by atoms with van der Waals surface area (Å²) >= 11 is 0. The van der Waals surface area contributed by atoms with Crippen LogP contribution in [-0.4, -0.2) is 40.1 Å². The van der Waals surface area contributed by atoms with Crippen LogP contribution in [0.3, 0.4) is 0 Å². The van der Waals surface area contributed by atoms with Gasteiger partial charge in [0.2, 0.25) is 0 Å². The SMILES string of the molecule is Cc1ccc(F)c(CN2C[C@@]3(C(=O)O)C[C@@]3(C(=O)O)C2)c1. The Balaban J connectivity index is 1.83. The number of rotatable bonds is 4. The van der Waals surface area contributed by atoms with Gasteiger partial charge in [0.05, 0.1) is 10.8 Å². The lowest BCUT2D eigenvalue weighted by Crippen LogP contribution is -2.28. The van der Waals surface area contributed by atoms with Crippen molar-refractivity contribution >= 4 is 11.9 Å². The van der Waals surface area contributed by atoms with Crippen LogP contribution in [0.25, 0.3) is 0 Å². The van der Waals surface area contributed by atoms with E-state index in [0.717, 1.165) is 5.56 Å². The molecule has 0 bridgehead atoms. The number of aryl methyl sites for hydroxylation is 1. The molecule has 2 aliphatic rings. The van der Waals surface area contributed by atoms with Gasteiger partial charge < -0.3 is 10.2 Å².